The highest BCUT2D eigenvalue weighted by Crippen LogP contribution is 2.46. The molecule has 0 spiro atoms. The van der Waals surface area contributed by atoms with Gasteiger partial charge in [0.15, 0.2) is 0 Å². The zero-order valence-corrected chi connectivity index (χ0v) is 13.8. The molecule has 1 fully saturated rings. The number of carbonyl (C=O) groups excluding carboxylic acids is 2. The fourth-order valence-electron chi connectivity index (χ4n) is 2.72. The van der Waals surface area contributed by atoms with E-state index in [4.69, 9.17) is 0 Å². The van der Waals surface area contributed by atoms with Crippen molar-refractivity contribution >= 4 is 11.8 Å². The zero-order valence-electron chi connectivity index (χ0n) is 13.8. The highest BCUT2D eigenvalue weighted by molar-refractivity contribution is 6.07. The summed E-state index contributed by atoms with van der Waals surface area (Å²) in [5.74, 6) is -0.834. The first-order valence-electron chi connectivity index (χ1n) is 8.31. The van der Waals surface area contributed by atoms with Crippen molar-refractivity contribution in [2.75, 3.05) is 6.54 Å². The van der Waals surface area contributed by atoms with Crippen molar-refractivity contribution < 1.29 is 14.0 Å². The SMILES string of the molecule is O=C(NCCc1ccccc1F)C1(C(=O)NCc2cccnc2)CC1. The molecule has 6 heteroatoms. The number of nitrogens with zero attached hydrogens (tertiary/aromatic N) is 1. The summed E-state index contributed by atoms with van der Waals surface area (Å²) in [6.07, 6.45) is 4.81. The standard InChI is InChI=1S/C19H20FN3O2/c20-16-6-2-1-5-15(16)7-11-22-17(24)19(8-9-19)18(25)23-13-14-4-3-10-21-12-14/h1-6,10,12H,7-9,11,13H2,(H,22,24)(H,23,25). The van der Waals surface area contributed by atoms with Gasteiger partial charge in [0, 0.05) is 25.5 Å². The Bertz CT molecular complexity index is 760. The summed E-state index contributed by atoms with van der Waals surface area (Å²) in [5.41, 5.74) is 0.456. The Balaban J connectivity index is 1.49. The monoisotopic (exact) mass is 341 g/mol. The number of hydrogen-bond donors (Lipinski definition) is 2. The highest BCUT2D eigenvalue weighted by atomic mass is 19.1. The van der Waals surface area contributed by atoms with Crippen molar-refractivity contribution in [3.05, 3.63) is 65.7 Å². The molecule has 0 aliphatic heterocycles. The van der Waals surface area contributed by atoms with Gasteiger partial charge in [0.2, 0.25) is 11.8 Å². The van der Waals surface area contributed by atoms with Crippen LogP contribution >= 0.6 is 0 Å². The molecule has 1 aromatic heterocycles. The molecule has 1 heterocycles. The number of hydrogen-bond acceptors (Lipinski definition) is 3. The van der Waals surface area contributed by atoms with E-state index < -0.39 is 5.41 Å². The van der Waals surface area contributed by atoms with Crippen LogP contribution in [-0.2, 0) is 22.6 Å². The Hall–Kier alpha value is -2.76. The first-order valence-corrected chi connectivity index (χ1v) is 8.31. The molecule has 3 rings (SSSR count). The van der Waals surface area contributed by atoms with Crippen molar-refractivity contribution in [1.29, 1.82) is 0 Å². The summed E-state index contributed by atoms with van der Waals surface area (Å²) in [6, 6.07) is 10.1. The number of nitrogens with one attached hydrogen (secondary N) is 2. The third-order valence-electron chi connectivity index (χ3n) is 4.43. The maximum atomic E-state index is 13.6. The Labute approximate surface area is 145 Å². The van der Waals surface area contributed by atoms with Gasteiger partial charge in [0.05, 0.1) is 0 Å². The largest absolute Gasteiger partial charge is 0.355 e. The molecule has 25 heavy (non-hydrogen) atoms. The molecular weight excluding hydrogens is 321 g/mol. The number of halogens is 1. The number of pyridine rings is 1. The minimum Gasteiger partial charge on any atom is -0.355 e. The lowest BCUT2D eigenvalue weighted by atomic mass is 10.0. The van der Waals surface area contributed by atoms with E-state index in [1.807, 2.05) is 6.07 Å². The van der Waals surface area contributed by atoms with E-state index in [2.05, 4.69) is 15.6 Å². The number of amides is 2. The van der Waals surface area contributed by atoms with Gasteiger partial charge in [-0.25, -0.2) is 4.39 Å². The number of rotatable bonds is 7. The van der Waals surface area contributed by atoms with Gasteiger partial charge in [-0.1, -0.05) is 24.3 Å². The molecule has 0 atom stereocenters. The summed E-state index contributed by atoms with van der Waals surface area (Å²) < 4.78 is 13.6. The molecule has 1 saturated carbocycles. The summed E-state index contributed by atoms with van der Waals surface area (Å²) in [4.78, 5) is 28.7. The fraction of sp³-hybridized carbons (Fsp3) is 0.316. The first kappa shape index (κ1) is 17.1. The Kier molecular flexibility index (Phi) is 5.07. The average molecular weight is 341 g/mol. The minimum atomic E-state index is -0.975. The van der Waals surface area contributed by atoms with E-state index in [1.54, 1.807) is 36.7 Å². The fourth-order valence-corrected chi connectivity index (χ4v) is 2.72. The lowest BCUT2D eigenvalue weighted by molar-refractivity contribution is -0.137. The van der Waals surface area contributed by atoms with Crippen molar-refractivity contribution in [2.45, 2.75) is 25.8 Å². The summed E-state index contributed by atoms with van der Waals surface area (Å²) >= 11 is 0. The molecule has 1 aliphatic carbocycles. The molecule has 1 aromatic carbocycles. The molecule has 1 aliphatic rings. The van der Waals surface area contributed by atoms with E-state index >= 15 is 0 Å². The third-order valence-corrected chi connectivity index (χ3v) is 4.43. The predicted octanol–water partition coefficient (Wildman–Crippen LogP) is 1.98. The number of carbonyl (C=O) groups is 2. The maximum Gasteiger partial charge on any atom is 0.235 e. The zero-order chi connectivity index (χ0) is 17.7. The topological polar surface area (TPSA) is 71.1 Å². The van der Waals surface area contributed by atoms with Gasteiger partial charge < -0.3 is 10.6 Å². The van der Waals surface area contributed by atoms with E-state index in [1.165, 1.54) is 6.07 Å². The van der Waals surface area contributed by atoms with Crippen LogP contribution in [0.25, 0.3) is 0 Å². The Morgan fingerprint density at radius 1 is 1.08 bits per heavy atom. The van der Waals surface area contributed by atoms with E-state index in [0.717, 1.165) is 5.56 Å². The normalized spacial score (nSPS) is 14.6. The highest BCUT2D eigenvalue weighted by Gasteiger charge is 2.56. The number of benzene rings is 1. The smallest absolute Gasteiger partial charge is 0.235 e. The van der Waals surface area contributed by atoms with Crippen LogP contribution in [0.1, 0.15) is 24.0 Å². The molecule has 5 nitrogen and oxygen atoms in total. The molecular formula is C19H20FN3O2. The van der Waals surface area contributed by atoms with Crippen molar-refractivity contribution in [2.24, 2.45) is 5.41 Å². The van der Waals surface area contributed by atoms with Crippen LogP contribution in [0.5, 0.6) is 0 Å². The van der Waals surface area contributed by atoms with Crippen LogP contribution in [0.4, 0.5) is 4.39 Å². The van der Waals surface area contributed by atoms with Crippen LogP contribution in [0.2, 0.25) is 0 Å². The Morgan fingerprint density at radius 2 is 1.84 bits per heavy atom. The van der Waals surface area contributed by atoms with E-state index in [0.29, 0.717) is 37.9 Å². The van der Waals surface area contributed by atoms with Gasteiger partial charge >= 0.3 is 0 Å². The van der Waals surface area contributed by atoms with Gasteiger partial charge in [0.25, 0.3) is 0 Å². The molecule has 0 unspecified atom stereocenters. The first-order chi connectivity index (χ1) is 12.1. The van der Waals surface area contributed by atoms with Crippen molar-refractivity contribution in [3.8, 4) is 0 Å². The second-order valence-electron chi connectivity index (χ2n) is 6.22. The summed E-state index contributed by atoms with van der Waals surface area (Å²) in [5, 5.41) is 5.56. The molecule has 0 radical (unpaired) electrons. The van der Waals surface area contributed by atoms with Gasteiger partial charge in [0.1, 0.15) is 11.2 Å². The molecule has 0 saturated heterocycles. The Morgan fingerprint density at radius 3 is 2.52 bits per heavy atom. The molecule has 2 aromatic rings. The van der Waals surface area contributed by atoms with Gasteiger partial charge in [-0.15, -0.1) is 0 Å². The lowest BCUT2D eigenvalue weighted by Crippen LogP contribution is -2.43. The predicted molar refractivity (Wildman–Crippen MR) is 90.9 cm³/mol. The van der Waals surface area contributed by atoms with Crippen LogP contribution < -0.4 is 10.6 Å². The average Bonchev–Trinajstić information content (AvgIpc) is 3.44. The van der Waals surface area contributed by atoms with Crippen molar-refractivity contribution in [3.63, 3.8) is 0 Å². The second-order valence-corrected chi connectivity index (χ2v) is 6.22. The summed E-state index contributed by atoms with van der Waals surface area (Å²) in [7, 11) is 0. The van der Waals surface area contributed by atoms with Crippen molar-refractivity contribution in [1.82, 2.24) is 15.6 Å². The van der Waals surface area contributed by atoms with Crippen LogP contribution in [0.3, 0.4) is 0 Å². The van der Waals surface area contributed by atoms with Gasteiger partial charge in [-0.2, -0.15) is 0 Å². The van der Waals surface area contributed by atoms with Crippen LogP contribution in [0, 0.1) is 11.2 Å². The van der Waals surface area contributed by atoms with Crippen LogP contribution in [-0.4, -0.2) is 23.3 Å². The van der Waals surface area contributed by atoms with E-state index in [9.17, 15) is 14.0 Å². The third kappa shape index (κ3) is 4.02. The molecule has 0 bridgehead atoms. The lowest BCUT2D eigenvalue weighted by Gasteiger charge is -2.15. The maximum absolute atomic E-state index is 13.6. The summed E-state index contributed by atoms with van der Waals surface area (Å²) in [6.45, 7) is 0.647. The quantitative estimate of drug-likeness (QED) is 0.757. The molecule has 130 valence electrons. The minimum absolute atomic E-state index is 0.264. The number of aromatic nitrogens is 1. The van der Waals surface area contributed by atoms with Crippen LogP contribution in [0.15, 0.2) is 48.8 Å². The van der Waals surface area contributed by atoms with E-state index in [-0.39, 0.29) is 17.6 Å². The second kappa shape index (κ2) is 7.42. The molecule has 2 N–H and O–H groups in total. The van der Waals surface area contributed by atoms with Gasteiger partial charge in [-0.05, 0) is 42.5 Å². The van der Waals surface area contributed by atoms with Gasteiger partial charge in [-0.3, -0.25) is 14.6 Å². The molecule has 2 amide bonds.